The third kappa shape index (κ3) is 3.37. The van der Waals surface area contributed by atoms with E-state index in [2.05, 4.69) is 0 Å². The fourth-order valence-corrected chi connectivity index (χ4v) is 1.58. The maximum atomic E-state index is 11.8. The van der Waals surface area contributed by atoms with Gasteiger partial charge in [0.2, 0.25) is 5.91 Å². The molecule has 0 aliphatic heterocycles. The standard InChI is InChI=1S/C13H19NO4/c1-14(13(16)5-4-8-15)10-6-7-11(17-2)12(9-10)18-3/h6-7,9,15H,4-5,8H2,1-3H3. The van der Waals surface area contributed by atoms with Gasteiger partial charge in [-0.3, -0.25) is 4.79 Å². The van der Waals surface area contributed by atoms with Gasteiger partial charge in [0.25, 0.3) is 0 Å². The molecule has 0 aliphatic rings. The molecule has 0 aliphatic carbocycles. The van der Waals surface area contributed by atoms with E-state index in [0.29, 0.717) is 24.3 Å². The number of methoxy groups -OCH3 is 2. The lowest BCUT2D eigenvalue weighted by Crippen LogP contribution is -2.26. The molecule has 0 saturated carbocycles. The SMILES string of the molecule is COc1ccc(N(C)C(=O)CCCO)cc1OC. The van der Waals surface area contributed by atoms with Crippen molar-refractivity contribution in [1.29, 1.82) is 0 Å². The van der Waals surface area contributed by atoms with Gasteiger partial charge in [-0.1, -0.05) is 0 Å². The minimum Gasteiger partial charge on any atom is -0.493 e. The number of rotatable bonds is 6. The van der Waals surface area contributed by atoms with E-state index in [1.54, 1.807) is 39.5 Å². The molecule has 1 amide bonds. The molecule has 100 valence electrons. The summed E-state index contributed by atoms with van der Waals surface area (Å²) >= 11 is 0. The summed E-state index contributed by atoms with van der Waals surface area (Å²) in [6.07, 6.45) is 0.789. The Kier molecular flexibility index (Phi) is 5.45. The molecule has 0 unspecified atom stereocenters. The van der Waals surface area contributed by atoms with Gasteiger partial charge in [0.05, 0.1) is 14.2 Å². The minimum atomic E-state index is -0.0451. The van der Waals surface area contributed by atoms with E-state index in [0.717, 1.165) is 5.69 Å². The third-order valence-electron chi connectivity index (χ3n) is 2.68. The Morgan fingerprint density at radius 2 is 1.94 bits per heavy atom. The van der Waals surface area contributed by atoms with Gasteiger partial charge in [-0.15, -0.1) is 0 Å². The monoisotopic (exact) mass is 253 g/mol. The van der Waals surface area contributed by atoms with Crippen molar-refractivity contribution in [2.75, 3.05) is 32.8 Å². The fourth-order valence-electron chi connectivity index (χ4n) is 1.58. The number of nitrogens with zero attached hydrogens (tertiary/aromatic N) is 1. The molecule has 1 aromatic carbocycles. The van der Waals surface area contributed by atoms with Crippen molar-refractivity contribution in [3.05, 3.63) is 18.2 Å². The van der Waals surface area contributed by atoms with E-state index < -0.39 is 0 Å². The first-order valence-electron chi connectivity index (χ1n) is 5.73. The summed E-state index contributed by atoms with van der Waals surface area (Å²) in [4.78, 5) is 13.3. The lowest BCUT2D eigenvalue weighted by atomic mass is 10.2. The second-order valence-corrected chi connectivity index (χ2v) is 3.82. The molecule has 5 nitrogen and oxygen atoms in total. The second kappa shape index (κ2) is 6.86. The van der Waals surface area contributed by atoms with Crippen LogP contribution in [0.15, 0.2) is 18.2 Å². The Labute approximate surface area is 107 Å². The topological polar surface area (TPSA) is 59.0 Å². The molecular weight excluding hydrogens is 234 g/mol. The van der Waals surface area contributed by atoms with Crippen molar-refractivity contribution in [3.63, 3.8) is 0 Å². The largest absolute Gasteiger partial charge is 0.493 e. The number of aliphatic hydroxyl groups excluding tert-OH is 1. The molecule has 5 heteroatoms. The first-order valence-corrected chi connectivity index (χ1v) is 5.73. The van der Waals surface area contributed by atoms with Crippen molar-refractivity contribution in [2.24, 2.45) is 0 Å². The summed E-state index contributed by atoms with van der Waals surface area (Å²) in [6, 6.07) is 5.29. The van der Waals surface area contributed by atoms with Crippen LogP contribution >= 0.6 is 0 Å². The lowest BCUT2D eigenvalue weighted by molar-refractivity contribution is -0.118. The van der Waals surface area contributed by atoms with Gasteiger partial charge in [0.15, 0.2) is 11.5 Å². The summed E-state index contributed by atoms with van der Waals surface area (Å²) < 4.78 is 10.3. The predicted molar refractivity (Wildman–Crippen MR) is 69.3 cm³/mol. The Bertz CT molecular complexity index is 406. The molecule has 0 radical (unpaired) electrons. The van der Waals surface area contributed by atoms with Gasteiger partial charge in [0.1, 0.15) is 0 Å². The number of carbonyl (C=O) groups excluding carboxylic acids is 1. The van der Waals surface area contributed by atoms with Gasteiger partial charge < -0.3 is 19.5 Å². The van der Waals surface area contributed by atoms with Gasteiger partial charge >= 0.3 is 0 Å². The zero-order chi connectivity index (χ0) is 13.5. The van der Waals surface area contributed by atoms with Crippen molar-refractivity contribution < 1.29 is 19.4 Å². The Hall–Kier alpha value is -1.75. The van der Waals surface area contributed by atoms with Crippen LogP contribution in [0.3, 0.4) is 0 Å². The van der Waals surface area contributed by atoms with E-state index in [1.807, 2.05) is 0 Å². The van der Waals surface area contributed by atoms with Crippen molar-refractivity contribution >= 4 is 11.6 Å². The maximum Gasteiger partial charge on any atom is 0.226 e. The van der Waals surface area contributed by atoms with Crippen LogP contribution in [0.25, 0.3) is 0 Å². The number of anilines is 1. The van der Waals surface area contributed by atoms with Crippen LogP contribution in [0, 0.1) is 0 Å². The summed E-state index contributed by atoms with van der Waals surface area (Å²) in [5.41, 5.74) is 0.732. The molecule has 18 heavy (non-hydrogen) atoms. The zero-order valence-electron chi connectivity index (χ0n) is 11.0. The van der Waals surface area contributed by atoms with E-state index in [9.17, 15) is 4.79 Å². The number of carbonyl (C=O) groups is 1. The number of benzene rings is 1. The molecule has 0 spiro atoms. The van der Waals surface area contributed by atoms with E-state index in [1.165, 1.54) is 4.90 Å². The lowest BCUT2D eigenvalue weighted by Gasteiger charge is -2.18. The number of amides is 1. The highest BCUT2D eigenvalue weighted by atomic mass is 16.5. The quantitative estimate of drug-likeness (QED) is 0.833. The van der Waals surface area contributed by atoms with Gasteiger partial charge in [-0.05, 0) is 18.6 Å². The molecule has 0 heterocycles. The van der Waals surface area contributed by atoms with Crippen LogP contribution < -0.4 is 14.4 Å². The number of hydrogen-bond donors (Lipinski definition) is 1. The fraction of sp³-hybridized carbons (Fsp3) is 0.462. The zero-order valence-corrected chi connectivity index (χ0v) is 11.0. The molecule has 0 saturated heterocycles. The van der Waals surface area contributed by atoms with Crippen LogP contribution in [-0.2, 0) is 4.79 Å². The smallest absolute Gasteiger partial charge is 0.226 e. The number of aliphatic hydroxyl groups is 1. The maximum absolute atomic E-state index is 11.8. The minimum absolute atomic E-state index is 0.0194. The summed E-state index contributed by atoms with van der Waals surface area (Å²) in [7, 11) is 4.81. The van der Waals surface area contributed by atoms with Crippen LogP contribution in [0.2, 0.25) is 0 Å². The van der Waals surface area contributed by atoms with Gasteiger partial charge in [-0.25, -0.2) is 0 Å². The highest BCUT2D eigenvalue weighted by molar-refractivity contribution is 5.93. The van der Waals surface area contributed by atoms with E-state index in [-0.39, 0.29) is 12.5 Å². The van der Waals surface area contributed by atoms with Crippen LogP contribution in [-0.4, -0.2) is 38.9 Å². The Balaban J connectivity index is 2.85. The Morgan fingerprint density at radius 1 is 1.28 bits per heavy atom. The van der Waals surface area contributed by atoms with Crippen molar-refractivity contribution in [1.82, 2.24) is 0 Å². The molecular formula is C13H19NO4. The summed E-state index contributed by atoms with van der Waals surface area (Å²) in [6.45, 7) is 0.0194. The molecule has 1 aromatic rings. The second-order valence-electron chi connectivity index (χ2n) is 3.82. The molecule has 0 bridgehead atoms. The Morgan fingerprint density at radius 3 is 2.50 bits per heavy atom. The van der Waals surface area contributed by atoms with E-state index in [4.69, 9.17) is 14.6 Å². The molecule has 0 fully saturated rings. The first kappa shape index (κ1) is 14.3. The van der Waals surface area contributed by atoms with Gasteiger partial charge in [0, 0.05) is 31.8 Å². The average Bonchev–Trinajstić information content (AvgIpc) is 2.42. The molecule has 1 N–H and O–H groups in total. The summed E-state index contributed by atoms with van der Waals surface area (Å²) in [5.74, 6) is 1.16. The summed E-state index contributed by atoms with van der Waals surface area (Å²) in [5, 5.41) is 8.71. The van der Waals surface area contributed by atoms with Crippen molar-refractivity contribution in [2.45, 2.75) is 12.8 Å². The normalized spacial score (nSPS) is 10.0. The van der Waals surface area contributed by atoms with E-state index >= 15 is 0 Å². The predicted octanol–water partition coefficient (Wildman–Crippen LogP) is 1.44. The van der Waals surface area contributed by atoms with Crippen LogP contribution in [0.4, 0.5) is 5.69 Å². The number of hydrogen-bond acceptors (Lipinski definition) is 4. The molecule has 0 atom stereocenters. The molecule has 1 rings (SSSR count). The molecule has 0 aromatic heterocycles. The highest BCUT2D eigenvalue weighted by Crippen LogP contribution is 2.31. The average molecular weight is 253 g/mol. The van der Waals surface area contributed by atoms with Gasteiger partial charge in [-0.2, -0.15) is 0 Å². The number of ether oxygens (including phenoxy) is 2. The first-order chi connectivity index (χ1) is 8.63. The highest BCUT2D eigenvalue weighted by Gasteiger charge is 2.13. The van der Waals surface area contributed by atoms with Crippen molar-refractivity contribution in [3.8, 4) is 11.5 Å². The van der Waals surface area contributed by atoms with Crippen LogP contribution in [0.1, 0.15) is 12.8 Å². The van der Waals surface area contributed by atoms with Crippen LogP contribution in [0.5, 0.6) is 11.5 Å². The third-order valence-corrected chi connectivity index (χ3v) is 2.68.